The van der Waals surface area contributed by atoms with Gasteiger partial charge in [0.2, 0.25) is 5.91 Å². The molecular formula is C37H55N3O. The number of nitrogens with zero attached hydrogens (tertiary/aromatic N) is 3. The summed E-state index contributed by atoms with van der Waals surface area (Å²) in [7, 11) is 0. The number of unbranched alkanes of at least 4 members (excludes halogenated alkanes) is 15. The lowest BCUT2D eigenvalue weighted by Gasteiger charge is -2.18. The number of anilines is 1. The van der Waals surface area contributed by atoms with Crippen LogP contribution >= 0.6 is 0 Å². The third-order valence-corrected chi connectivity index (χ3v) is 9.21. The van der Waals surface area contributed by atoms with Gasteiger partial charge in [0, 0.05) is 31.1 Å². The van der Waals surface area contributed by atoms with Crippen LogP contribution in [0.4, 0.5) is 5.69 Å². The molecule has 1 saturated heterocycles. The number of benzene rings is 2. The molecule has 224 valence electrons. The van der Waals surface area contributed by atoms with E-state index in [0.717, 1.165) is 23.6 Å². The van der Waals surface area contributed by atoms with Crippen molar-refractivity contribution in [2.75, 3.05) is 11.4 Å². The number of amides is 1. The van der Waals surface area contributed by atoms with E-state index >= 15 is 0 Å². The fourth-order valence-corrected chi connectivity index (χ4v) is 6.48. The number of imidazole rings is 1. The van der Waals surface area contributed by atoms with Crippen LogP contribution in [-0.4, -0.2) is 22.0 Å². The maximum absolute atomic E-state index is 13.1. The molecule has 1 aliphatic rings. The summed E-state index contributed by atoms with van der Waals surface area (Å²) < 4.78 is 2.42. The average molecular weight is 558 g/mol. The van der Waals surface area contributed by atoms with Gasteiger partial charge in [0.1, 0.15) is 5.82 Å². The minimum Gasteiger partial charge on any atom is -0.328 e. The Bertz CT molecular complexity index is 1210. The van der Waals surface area contributed by atoms with Gasteiger partial charge in [0.15, 0.2) is 0 Å². The predicted molar refractivity (Wildman–Crippen MR) is 175 cm³/mol. The number of hydrogen-bond acceptors (Lipinski definition) is 2. The number of fused-ring (bicyclic) bond motifs is 1. The normalized spacial score (nSPS) is 15.4. The molecule has 41 heavy (non-hydrogen) atoms. The first-order chi connectivity index (χ1) is 20.1. The van der Waals surface area contributed by atoms with E-state index in [-0.39, 0.29) is 11.8 Å². The van der Waals surface area contributed by atoms with Crippen LogP contribution in [0.15, 0.2) is 42.5 Å². The zero-order valence-corrected chi connectivity index (χ0v) is 26.3. The second-order valence-electron chi connectivity index (χ2n) is 12.6. The third kappa shape index (κ3) is 9.18. The van der Waals surface area contributed by atoms with Gasteiger partial charge in [0.05, 0.1) is 11.0 Å². The van der Waals surface area contributed by atoms with Gasteiger partial charge in [-0.15, -0.1) is 0 Å². The largest absolute Gasteiger partial charge is 0.328 e. The molecule has 1 aliphatic heterocycles. The van der Waals surface area contributed by atoms with Gasteiger partial charge in [0.25, 0.3) is 0 Å². The van der Waals surface area contributed by atoms with E-state index in [1.165, 1.54) is 119 Å². The molecule has 0 radical (unpaired) electrons. The molecule has 0 saturated carbocycles. The monoisotopic (exact) mass is 557 g/mol. The smallest absolute Gasteiger partial charge is 0.227 e. The standard InChI is InChI=1S/C37H55N3O/c1-4-5-6-7-8-9-10-11-12-13-14-15-16-17-18-21-26-39-35-23-20-19-22-34(35)38-37(39)32-28-36(41)40(29-32)33-25-24-30(2)31(3)27-33/h19-20,22-25,27,32H,4-18,21,26,28-29H2,1-3H3. The van der Waals surface area contributed by atoms with Gasteiger partial charge in [-0.1, -0.05) is 121 Å². The first kappa shape index (κ1) is 31.3. The molecule has 0 aliphatic carbocycles. The Morgan fingerprint density at radius 2 is 1.32 bits per heavy atom. The fraction of sp³-hybridized carbons (Fsp3) is 0.622. The van der Waals surface area contributed by atoms with Crippen molar-refractivity contribution < 1.29 is 4.79 Å². The Morgan fingerprint density at radius 3 is 1.93 bits per heavy atom. The minimum atomic E-state index is 0.137. The summed E-state index contributed by atoms with van der Waals surface area (Å²) in [5.41, 5.74) is 5.77. The van der Waals surface area contributed by atoms with E-state index in [1.807, 2.05) is 4.90 Å². The first-order valence-electron chi connectivity index (χ1n) is 16.9. The molecule has 0 N–H and O–H groups in total. The molecule has 1 unspecified atom stereocenters. The predicted octanol–water partition coefficient (Wildman–Crippen LogP) is 10.4. The van der Waals surface area contributed by atoms with E-state index in [9.17, 15) is 4.79 Å². The second kappa shape index (κ2) is 16.7. The topological polar surface area (TPSA) is 38.1 Å². The van der Waals surface area contributed by atoms with Crippen molar-refractivity contribution >= 4 is 22.6 Å². The summed E-state index contributed by atoms with van der Waals surface area (Å²) >= 11 is 0. The highest BCUT2D eigenvalue weighted by Crippen LogP contribution is 2.34. The minimum absolute atomic E-state index is 0.137. The van der Waals surface area contributed by atoms with Crippen LogP contribution in [0.5, 0.6) is 0 Å². The highest BCUT2D eigenvalue weighted by Gasteiger charge is 2.34. The lowest BCUT2D eigenvalue weighted by molar-refractivity contribution is -0.117. The van der Waals surface area contributed by atoms with Gasteiger partial charge < -0.3 is 9.47 Å². The number of carbonyl (C=O) groups is 1. The quantitative estimate of drug-likeness (QED) is 0.137. The Morgan fingerprint density at radius 1 is 0.732 bits per heavy atom. The van der Waals surface area contributed by atoms with Crippen LogP contribution in [0.25, 0.3) is 11.0 Å². The Balaban J connectivity index is 1.18. The van der Waals surface area contributed by atoms with Gasteiger partial charge in [-0.3, -0.25) is 4.79 Å². The summed E-state index contributed by atoms with van der Waals surface area (Å²) in [5.74, 6) is 1.43. The third-order valence-electron chi connectivity index (χ3n) is 9.21. The Hall–Kier alpha value is -2.62. The van der Waals surface area contributed by atoms with Crippen molar-refractivity contribution in [3.8, 4) is 0 Å². The van der Waals surface area contributed by atoms with Crippen LogP contribution in [0.2, 0.25) is 0 Å². The van der Waals surface area contributed by atoms with Crippen LogP contribution in [0.3, 0.4) is 0 Å². The molecular weight excluding hydrogens is 502 g/mol. The zero-order chi connectivity index (χ0) is 28.9. The number of aromatic nitrogens is 2. The summed E-state index contributed by atoms with van der Waals surface area (Å²) in [5, 5.41) is 0. The molecule has 2 heterocycles. The number of carbonyl (C=O) groups excluding carboxylic acids is 1. The van der Waals surface area contributed by atoms with Crippen LogP contribution in [0, 0.1) is 13.8 Å². The number of rotatable bonds is 19. The fourth-order valence-electron chi connectivity index (χ4n) is 6.48. The molecule has 4 rings (SSSR count). The van der Waals surface area contributed by atoms with E-state index in [1.54, 1.807) is 0 Å². The van der Waals surface area contributed by atoms with Crippen molar-refractivity contribution in [2.45, 2.75) is 142 Å². The lowest BCUT2D eigenvalue weighted by atomic mass is 10.0. The Labute approximate surface area is 249 Å². The van der Waals surface area contributed by atoms with E-state index < -0.39 is 0 Å². The van der Waals surface area contributed by atoms with Crippen molar-refractivity contribution in [3.05, 3.63) is 59.4 Å². The van der Waals surface area contributed by atoms with Gasteiger partial charge in [-0.05, 0) is 55.7 Å². The molecule has 0 spiro atoms. The van der Waals surface area contributed by atoms with E-state index in [0.29, 0.717) is 13.0 Å². The summed E-state index contributed by atoms with van der Waals surface area (Å²) in [6, 6.07) is 14.8. The van der Waals surface area contributed by atoms with Crippen molar-refractivity contribution in [2.24, 2.45) is 0 Å². The molecule has 4 heteroatoms. The summed E-state index contributed by atoms with van der Waals surface area (Å²) in [6.45, 7) is 8.23. The molecule has 0 bridgehead atoms. The average Bonchev–Trinajstić information content (AvgIpc) is 3.54. The van der Waals surface area contributed by atoms with Gasteiger partial charge in [-0.25, -0.2) is 4.98 Å². The van der Waals surface area contributed by atoms with Crippen molar-refractivity contribution in [1.82, 2.24) is 9.55 Å². The molecule has 4 nitrogen and oxygen atoms in total. The van der Waals surface area contributed by atoms with Crippen LogP contribution < -0.4 is 4.90 Å². The van der Waals surface area contributed by atoms with Crippen LogP contribution in [-0.2, 0) is 11.3 Å². The zero-order valence-electron chi connectivity index (χ0n) is 26.3. The molecule has 3 aromatic rings. The maximum atomic E-state index is 13.1. The van der Waals surface area contributed by atoms with E-state index in [4.69, 9.17) is 4.98 Å². The SMILES string of the molecule is CCCCCCCCCCCCCCCCCCn1c(C2CC(=O)N(c3ccc(C)c(C)c3)C2)nc2ccccc21. The molecule has 1 amide bonds. The van der Waals surface area contributed by atoms with Gasteiger partial charge >= 0.3 is 0 Å². The Kier molecular flexibility index (Phi) is 12.8. The number of para-hydroxylation sites is 2. The van der Waals surface area contributed by atoms with Crippen LogP contribution in [0.1, 0.15) is 139 Å². The van der Waals surface area contributed by atoms with Crippen molar-refractivity contribution in [1.29, 1.82) is 0 Å². The first-order valence-corrected chi connectivity index (χ1v) is 16.9. The molecule has 1 fully saturated rings. The summed E-state index contributed by atoms with van der Waals surface area (Å²) in [6.07, 6.45) is 22.7. The second-order valence-corrected chi connectivity index (χ2v) is 12.6. The number of aryl methyl sites for hydroxylation is 3. The van der Waals surface area contributed by atoms with Crippen molar-refractivity contribution in [3.63, 3.8) is 0 Å². The molecule has 1 aromatic heterocycles. The van der Waals surface area contributed by atoms with Gasteiger partial charge in [-0.2, -0.15) is 0 Å². The maximum Gasteiger partial charge on any atom is 0.227 e. The molecule has 2 aromatic carbocycles. The lowest BCUT2D eigenvalue weighted by Crippen LogP contribution is -2.24. The highest BCUT2D eigenvalue weighted by atomic mass is 16.2. The molecule has 1 atom stereocenters. The van der Waals surface area contributed by atoms with E-state index in [2.05, 4.69) is 67.8 Å². The highest BCUT2D eigenvalue weighted by molar-refractivity contribution is 5.96. The summed E-state index contributed by atoms with van der Waals surface area (Å²) in [4.78, 5) is 20.1. The number of hydrogen-bond donors (Lipinski definition) is 0.